The Balaban J connectivity index is 2.26. The second kappa shape index (κ2) is 6.52. The van der Waals surface area contributed by atoms with Crippen molar-refractivity contribution in [3.05, 3.63) is 44.1 Å². The van der Waals surface area contributed by atoms with E-state index >= 15 is 0 Å². The lowest BCUT2D eigenvalue weighted by molar-refractivity contribution is 0.598. The number of nitrogens with one attached hydrogen (secondary N) is 2. The van der Waals surface area contributed by atoms with Crippen molar-refractivity contribution < 1.29 is 0 Å². The molecule has 0 aromatic heterocycles. The first-order valence-electron chi connectivity index (χ1n) is 8.14. The van der Waals surface area contributed by atoms with Crippen molar-refractivity contribution in [1.82, 2.24) is 24.8 Å². The molecule has 2 N–H and O–H groups in total. The number of nitrogens with zero attached hydrogens (tertiary/aromatic N) is 3. The van der Waals surface area contributed by atoms with Gasteiger partial charge in [0.1, 0.15) is 0 Å². The number of benzene rings is 1. The van der Waals surface area contributed by atoms with E-state index in [1.54, 1.807) is 0 Å². The summed E-state index contributed by atoms with van der Waals surface area (Å²) in [6.45, 7) is 8.39. The van der Waals surface area contributed by atoms with Crippen LogP contribution < -0.4 is 16.6 Å². The van der Waals surface area contributed by atoms with E-state index in [-0.39, 0.29) is 5.69 Å². The van der Waals surface area contributed by atoms with Gasteiger partial charge in [-0.1, -0.05) is 6.92 Å². The first kappa shape index (κ1) is 16.3. The van der Waals surface area contributed by atoms with Crippen molar-refractivity contribution in [2.75, 3.05) is 13.1 Å². The highest BCUT2D eigenvalue weighted by atomic mass is 16.2. The number of aromatic amines is 1. The highest BCUT2D eigenvalue weighted by Crippen LogP contribution is 2.23. The lowest BCUT2D eigenvalue weighted by Crippen LogP contribution is -2.30. The van der Waals surface area contributed by atoms with Gasteiger partial charge >= 0.3 is 5.69 Å². The largest absolute Gasteiger partial charge is 0.349 e. The molecule has 7 heteroatoms. The van der Waals surface area contributed by atoms with Crippen LogP contribution in [0.4, 0.5) is 0 Å². The minimum Gasteiger partial charge on any atom is -0.321 e. The van der Waals surface area contributed by atoms with Crippen LogP contribution in [-0.2, 0) is 6.54 Å². The molecule has 0 atom stereocenters. The van der Waals surface area contributed by atoms with E-state index in [4.69, 9.17) is 0 Å². The van der Waals surface area contributed by atoms with E-state index in [2.05, 4.69) is 27.2 Å². The van der Waals surface area contributed by atoms with Crippen LogP contribution in [0.1, 0.15) is 24.5 Å². The summed E-state index contributed by atoms with van der Waals surface area (Å²) in [6, 6.07) is 3.99. The molecule has 2 aliphatic rings. The molecule has 2 heterocycles. The Labute approximate surface area is 139 Å². The van der Waals surface area contributed by atoms with Crippen LogP contribution in [0.25, 0.3) is 22.6 Å². The molecule has 7 nitrogen and oxygen atoms in total. The normalized spacial score (nSPS) is 11.5. The average molecular weight is 327 g/mol. The Bertz CT molecular complexity index is 973. The third-order valence-corrected chi connectivity index (χ3v) is 4.16. The predicted octanol–water partition coefficient (Wildman–Crippen LogP) is 1.20. The molecule has 0 aliphatic carbocycles. The van der Waals surface area contributed by atoms with Gasteiger partial charge in [0.05, 0.1) is 11.0 Å². The zero-order chi connectivity index (χ0) is 17.3. The molecule has 0 saturated carbocycles. The summed E-state index contributed by atoms with van der Waals surface area (Å²) in [5.74, 6) is 0.331. The Kier molecular flexibility index (Phi) is 4.44. The highest BCUT2D eigenvalue weighted by Gasteiger charge is 2.18. The van der Waals surface area contributed by atoms with Crippen LogP contribution in [0.2, 0.25) is 0 Å². The number of aryl methyl sites for hydroxylation is 2. The van der Waals surface area contributed by atoms with Crippen LogP contribution >= 0.6 is 0 Å². The molecule has 0 saturated heterocycles. The zero-order valence-corrected chi connectivity index (χ0v) is 14.1. The summed E-state index contributed by atoms with van der Waals surface area (Å²) in [5, 5.41) is 3.34. The standard InChI is InChI=1S/C17H21N5O2/c1-4-5-18-6-7-22-13-9-11(3)10(2)8-12(13)19-14-15(22)20-17(24)21-16(14)23/h8-9,18H,4-7H2,1-3H3,(H,21,23,24). The average Bonchev–Trinajstić information content (AvgIpc) is 2.53. The maximum atomic E-state index is 12.1. The smallest absolute Gasteiger partial charge is 0.321 e. The Morgan fingerprint density at radius 3 is 2.62 bits per heavy atom. The molecule has 1 aromatic carbocycles. The summed E-state index contributed by atoms with van der Waals surface area (Å²) in [4.78, 5) is 34.4. The first-order valence-corrected chi connectivity index (χ1v) is 8.14. The Morgan fingerprint density at radius 2 is 1.88 bits per heavy atom. The van der Waals surface area contributed by atoms with Gasteiger partial charge in [-0.3, -0.25) is 9.78 Å². The van der Waals surface area contributed by atoms with Gasteiger partial charge in [0.2, 0.25) is 0 Å². The van der Waals surface area contributed by atoms with Crippen molar-refractivity contribution >= 4 is 11.0 Å². The van der Waals surface area contributed by atoms with Gasteiger partial charge in [0, 0.05) is 13.1 Å². The molecule has 3 rings (SSSR count). The van der Waals surface area contributed by atoms with Crippen LogP contribution in [0.5, 0.6) is 0 Å². The molecule has 126 valence electrons. The van der Waals surface area contributed by atoms with Crippen LogP contribution in [0.15, 0.2) is 21.7 Å². The summed E-state index contributed by atoms with van der Waals surface area (Å²) in [6.07, 6.45) is 1.05. The van der Waals surface area contributed by atoms with Gasteiger partial charge < -0.3 is 9.88 Å². The topological polar surface area (TPSA) is 92.7 Å². The third kappa shape index (κ3) is 2.94. The number of hydrogen-bond acceptors (Lipinski definition) is 5. The maximum absolute atomic E-state index is 12.1. The van der Waals surface area contributed by atoms with E-state index in [1.165, 1.54) is 0 Å². The molecule has 0 unspecified atom stereocenters. The number of fused-ring (bicyclic) bond motifs is 2. The van der Waals surface area contributed by atoms with Gasteiger partial charge in [-0.2, -0.15) is 4.98 Å². The van der Waals surface area contributed by atoms with Gasteiger partial charge in [-0.05, 0) is 50.1 Å². The highest BCUT2D eigenvalue weighted by molar-refractivity contribution is 5.81. The van der Waals surface area contributed by atoms with E-state index in [1.807, 2.05) is 30.5 Å². The van der Waals surface area contributed by atoms with E-state index < -0.39 is 11.2 Å². The second-order valence-corrected chi connectivity index (χ2v) is 5.98. The molecular weight excluding hydrogens is 306 g/mol. The van der Waals surface area contributed by atoms with Crippen LogP contribution in [0, 0.1) is 13.8 Å². The number of H-pyrrole nitrogens is 1. The number of hydrogen-bond donors (Lipinski definition) is 2. The number of rotatable bonds is 5. The molecule has 2 aliphatic heterocycles. The van der Waals surface area contributed by atoms with Gasteiger partial charge in [-0.15, -0.1) is 0 Å². The minimum absolute atomic E-state index is 0.195. The zero-order valence-electron chi connectivity index (χ0n) is 14.1. The third-order valence-electron chi connectivity index (χ3n) is 4.16. The van der Waals surface area contributed by atoms with Gasteiger partial charge in [0.15, 0.2) is 11.5 Å². The van der Waals surface area contributed by atoms with Crippen molar-refractivity contribution in [2.24, 2.45) is 0 Å². The summed E-state index contributed by atoms with van der Waals surface area (Å²) < 4.78 is 1.91. The van der Waals surface area contributed by atoms with E-state index in [9.17, 15) is 9.59 Å². The fourth-order valence-corrected chi connectivity index (χ4v) is 2.77. The minimum atomic E-state index is -0.646. The maximum Gasteiger partial charge on any atom is 0.349 e. The Hall–Kier alpha value is -2.54. The molecule has 0 radical (unpaired) electrons. The molecule has 0 bridgehead atoms. The molecule has 24 heavy (non-hydrogen) atoms. The van der Waals surface area contributed by atoms with E-state index in [0.717, 1.165) is 41.7 Å². The molecule has 0 spiro atoms. The predicted molar refractivity (Wildman–Crippen MR) is 93.7 cm³/mol. The molecule has 0 fully saturated rings. The SMILES string of the molecule is CCCNCCn1c2nc(=O)[nH]c(=O)c-2nc2cc(C)c(C)cc21. The fourth-order valence-electron chi connectivity index (χ4n) is 2.77. The Morgan fingerprint density at radius 1 is 1.12 bits per heavy atom. The summed E-state index contributed by atoms with van der Waals surface area (Å²) in [7, 11) is 0. The molecular formula is C17H21N5O2. The molecule has 0 amide bonds. The van der Waals surface area contributed by atoms with Gasteiger partial charge in [-0.25, -0.2) is 9.78 Å². The quantitative estimate of drug-likeness (QED) is 0.543. The lowest BCUT2D eigenvalue weighted by atomic mass is 10.1. The van der Waals surface area contributed by atoms with Crippen molar-refractivity contribution in [1.29, 1.82) is 0 Å². The summed E-state index contributed by atoms with van der Waals surface area (Å²) in [5.41, 5.74) is 2.89. The monoisotopic (exact) mass is 327 g/mol. The summed E-state index contributed by atoms with van der Waals surface area (Å²) >= 11 is 0. The van der Waals surface area contributed by atoms with E-state index in [0.29, 0.717) is 12.4 Å². The second-order valence-electron chi connectivity index (χ2n) is 5.98. The van der Waals surface area contributed by atoms with Crippen LogP contribution in [-0.4, -0.2) is 32.6 Å². The van der Waals surface area contributed by atoms with Crippen LogP contribution in [0.3, 0.4) is 0 Å². The van der Waals surface area contributed by atoms with Crippen molar-refractivity contribution in [2.45, 2.75) is 33.7 Å². The number of aromatic nitrogens is 4. The van der Waals surface area contributed by atoms with Gasteiger partial charge in [0.25, 0.3) is 5.56 Å². The fraction of sp³-hybridized carbons (Fsp3) is 0.412. The van der Waals surface area contributed by atoms with Crippen molar-refractivity contribution in [3.63, 3.8) is 0 Å². The lowest BCUT2D eigenvalue weighted by Gasteiger charge is -2.18. The molecule has 1 aromatic rings. The van der Waals surface area contributed by atoms with Crippen molar-refractivity contribution in [3.8, 4) is 11.5 Å². The first-order chi connectivity index (χ1) is 11.5.